The molecule has 3 aromatic rings. The van der Waals surface area contributed by atoms with Gasteiger partial charge in [-0.2, -0.15) is 0 Å². The van der Waals surface area contributed by atoms with E-state index in [0.29, 0.717) is 28.6 Å². The second kappa shape index (κ2) is 8.94. The Morgan fingerprint density at radius 2 is 1.90 bits per heavy atom. The van der Waals surface area contributed by atoms with Crippen LogP contribution >= 0.6 is 0 Å². The Kier molecular flexibility index (Phi) is 5.92. The van der Waals surface area contributed by atoms with E-state index in [-0.39, 0.29) is 12.5 Å². The standard InChI is InChI=1S/C22H23FN4O3/c1-29-16-7-9-17(10-8-16)30-14-21(28)24-15-6-11-19(23)18(13-15)22-26-25-20-5-3-2-4-12-27(20)22/h6-11,13H,2-5,12,14H2,1H3,(H,24,28). The summed E-state index contributed by atoms with van der Waals surface area (Å²) in [5.74, 6) is 1.89. The number of aryl methyl sites for hydroxylation is 1. The molecule has 1 aliphatic heterocycles. The Bertz CT molecular complexity index is 1030. The van der Waals surface area contributed by atoms with Crippen molar-refractivity contribution in [2.75, 3.05) is 19.0 Å². The summed E-state index contributed by atoms with van der Waals surface area (Å²) in [6, 6.07) is 11.4. The minimum atomic E-state index is -0.401. The topological polar surface area (TPSA) is 78.3 Å². The summed E-state index contributed by atoms with van der Waals surface area (Å²) in [4.78, 5) is 12.3. The number of benzene rings is 2. The van der Waals surface area contributed by atoms with Gasteiger partial charge in [-0.05, 0) is 55.3 Å². The number of nitrogens with zero attached hydrogens (tertiary/aromatic N) is 3. The molecule has 0 aliphatic carbocycles. The zero-order valence-electron chi connectivity index (χ0n) is 16.7. The Morgan fingerprint density at radius 3 is 2.70 bits per heavy atom. The fourth-order valence-electron chi connectivity index (χ4n) is 3.48. The first kappa shape index (κ1) is 19.9. The SMILES string of the molecule is COc1ccc(OCC(=O)Nc2ccc(F)c(-c3nnc4n3CCCCC4)c2)cc1. The van der Waals surface area contributed by atoms with Gasteiger partial charge in [0.1, 0.15) is 23.1 Å². The van der Waals surface area contributed by atoms with Crippen molar-refractivity contribution in [3.05, 3.63) is 54.1 Å². The Balaban J connectivity index is 1.45. The van der Waals surface area contributed by atoms with Crippen LogP contribution in [0.5, 0.6) is 11.5 Å². The molecule has 0 fully saturated rings. The number of halogens is 1. The molecule has 0 atom stereocenters. The summed E-state index contributed by atoms with van der Waals surface area (Å²) < 4.78 is 27.1. The van der Waals surface area contributed by atoms with E-state index in [1.807, 2.05) is 4.57 Å². The van der Waals surface area contributed by atoms with Crippen molar-refractivity contribution in [1.29, 1.82) is 0 Å². The number of nitrogens with one attached hydrogen (secondary N) is 1. The van der Waals surface area contributed by atoms with Crippen molar-refractivity contribution >= 4 is 11.6 Å². The number of amides is 1. The van der Waals surface area contributed by atoms with Gasteiger partial charge in [0.05, 0.1) is 12.7 Å². The van der Waals surface area contributed by atoms with E-state index >= 15 is 0 Å². The highest BCUT2D eigenvalue weighted by molar-refractivity contribution is 5.92. The summed E-state index contributed by atoms with van der Waals surface area (Å²) in [5.41, 5.74) is 0.797. The number of aromatic nitrogens is 3. The first-order valence-electron chi connectivity index (χ1n) is 9.93. The lowest BCUT2D eigenvalue weighted by Gasteiger charge is -2.11. The quantitative estimate of drug-likeness (QED) is 0.668. The lowest BCUT2D eigenvalue weighted by atomic mass is 10.1. The number of hydrogen-bond acceptors (Lipinski definition) is 5. The molecule has 1 N–H and O–H groups in total. The number of carbonyl (C=O) groups is 1. The van der Waals surface area contributed by atoms with Gasteiger partial charge in [0.15, 0.2) is 12.4 Å². The normalized spacial score (nSPS) is 13.3. The third kappa shape index (κ3) is 4.42. The zero-order valence-corrected chi connectivity index (χ0v) is 16.7. The van der Waals surface area contributed by atoms with Crippen molar-refractivity contribution in [1.82, 2.24) is 14.8 Å². The van der Waals surface area contributed by atoms with Gasteiger partial charge >= 0.3 is 0 Å². The van der Waals surface area contributed by atoms with Gasteiger partial charge in [0, 0.05) is 18.7 Å². The predicted octanol–water partition coefficient (Wildman–Crippen LogP) is 3.84. The van der Waals surface area contributed by atoms with E-state index in [2.05, 4.69) is 15.5 Å². The van der Waals surface area contributed by atoms with E-state index in [1.54, 1.807) is 37.4 Å². The molecule has 0 bridgehead atoms. The molecule has 0 unspecified atom stereocenters. The molecule has 0 saturated carbocycles. The Labute approximate surface area is 173 Å². The van der Waals surface area contributed by atoms with Crippen LogP contribution in [0, 0.1) is 5.82 Å². The third-order valence-corrected chi connectivity index (χ3v) is 5.03. The molecule has 0 saturated heterocycles. The molecular formula is C22H23FN4O3. The molecule has 8 heteroatoms. The molecule has 2 heterocycles. The zero-order chi connectivity index (χ0) is 20.9. The van der Waals surface area contributed by atoms with Crippen molar-refractivity contribution < 1.29 is 18.7 Å². The Morgan fingerprint density at radius 1 is 1.10 bits per heavy atom. The minimum Gasteiger partial charge on any atom is -0.497 e. The van der Waals surface area contributed by atoms with Crippen LogP contribution in [0.15, 0.2) is 42.5 Å². The molecular weight excluding hydrogens is 387 g/mol. The summed E-state index contributed by atoms with van der Waals surface area (Å²) in [5, 5.41) is 11.2. The van der Waals surface area contributed by atoms with E-state index < -0.39 is 5.82 Å². The van der Waals surface area contributed by atoms with Crippen molar-refractivity contribution in [3.8, 4) is 22.9 Å². The minimum absolute atomic E-state index is 0.167. The smallest absolute Gasteiger partial charge is 0.262 e. The lowest BCUT2D eigenvalue weighted by Crippen LogP contribution is -2.20. The monoisotopic (exact) mass is 410 g/mol. The van der Waals surface area contributed by atoms with Crippen LogP contribution < -0.4 is 14.8 Å². The van der Waals surface area contributed by atoms with Crippen LogP contribution in [0.1, 0.15) is 25.1 Å². The van der Waals surface area contributed by atoms with Gasteiger partial charge in [-0.25, -0.2) is 4.39 Å². The number of ether oxygens (including phenoxy) is 2. The number of rotatable bonds is 6. The highest BCUT2D eigenvalue weighted by Gasteiger charge is 2.19. The predicted molar refractivity (Wildman–Crippen MR) is 110 cm³/mol. The summed E-state index contributed by atoms with van der Waals surface area (Å²) in [6.45, 7) is 0.600. The molecule has 4 rings (SSSR count). The highest BCUT2D eigenvalue weighted by Crippen LogP contribution is 2.27. The summed E-state index contributed by atoms with van der Waals surface area (Å²) in [6.07, 6.45) is 4.03. The number of methoxy groups -OCH3 is 1. The first-order valence-corrected chi connectivity index (χ1v) is 9.93. The molecule has 1 aliphatic rings. The number of anilines is 1. The van der Waals surface area contributed by atoms with E-state index in [4.69, 9.17) is 9.47 Å². The van der Waals surface area contributed by atoms with Gasteiger partial charge in [-0.15, -0.1) is 10.2 Å². The average Bonchev–Trinajstić information content (AvgIpc) is 3.01. The van der Waals surface area contributed by atoms with E-state index in [9.17, 15) is 9.18 Å². The molecule has 30 heavy (non-hydrogen) atoms. The van der Waals surface area contributed by atoms with Crippen molar-refractivity contribution in [3.63, 3.8) is 0 Å². The van der Waals surface area contributed by atoms with E-state index in [1.165, 1.54) is 12.1 Å². The van der Waals surface area contributed by atoms with Crippen LogP contribution in [0.3, 0.4) is 0 Å². The summed E-state index contributed by atoms with van der Waals surface area (Å²) >= 11 is 0. The van der Waals surface area contributed by atoms with Gasteiger partial charge in [0.25, 0.3) is 5.91 Å². The number of carbonyl (C=O) groups excluding carboxylic acids is 1. The van der Waals surface area contributed by atoms with Crippen molar-refractivity contribution in [2.45, 2.75) is 32.2 Å². The van der Waals surface area contributed by atoms with Crippen LogP contribution in [0.4, 0.5) is 10.1 Å². The average molecular weight is 410 g/mol. The van der Waals surface area contributed by atoms with Gasteiger partial charge < -0.3 is 19.4 Å². The Hall–Kier alpha value is -3.42. The van der Waals surface area contributed by atoms with Crippen molar-refractivity contribution in [2.24, 2.45) is 0 Å². The fraction of sp³-hybridized carbons (Fsp3) is 0.318. The molecule has 156 valence electrons. The molecule has 0 radical (unpaired) electrons. The van der Waals surface area contributed by atoms with Crippen LogP contribution in [-0.2, 0) is 17.8 Å². The van der Waals surface area contributed by atoms with E-state index in [0.717, 1.165) is 38.1 Å². The van der Waals surface area contributed by atoms with Crippen LogP contribution in [-0.4, -0.2) is 34.4 Å². The van der Waals surface area contributed by atoms with Crippen LogP contribution in [0.25, 0.3) is 11.4 Å². The first-order chi connectivity index (χ1) is 14.6. The third-order valence-electron chi connectivity index (χ3n) is 5.03. The number of fused-ring (bicyclic) bond motifs is 1. The van der Waals surface area contributed by atoms with Gasteiger partial charge in [0.2, 0.25) is 0 Å². The second-order valence-electron chi connectivity index (χ2n) is 7.11. The maximum absolute atomic E-state index is 14.5. The van der Waals surface area contributed by atoms with Gasteiger partial charge in [-0.1, -0.05) is 6.42 Å². The molecule has 1 aromatic heterocycles. The van der Waals surface area contributed by atoms with Gasteiger partial charge in [-0.3, -0.25) is 4.79 Å². The molecule has 2 aromatic carbocycles. The maximum atomic E-state index is 14.5. The highest BCUT2D eigenvalue weighted by atomic mass is 19.1. The molecule has 7 nitrogen and oxygen atoms in total. The number of hydrogen-bond donors (Lipinski definition) is 1. The lowest BCUT2D eigenvalue weighted by molar-refractivity contribution is -0.118. The largest absolute Gasteiger partial charge is 0.497 e. The molecule has 0 spiro atoms. The molecule has 1 amide bonds. The maximum Gasteiger partial charge on any atom is 0.262 e. The summed E-state index contributed by atoms with van der Waals surface area (Å²) in [7, 11) is 1.58. The second-order valence-corrected chi connectivity index (χ2v) is 7.11. The van der Waals surface area contributed by atoms with Crippen LogP contribution in [0.2, 0.25) is 0 Å². The fourth-order valence-corrected chi connectivity index (χ4v) is 3.48.